The van der Waals surface area contributed by atoms with Gasteiger partial charge in [-0.15, -0.1) is 0 Å². The minimum atomic E-state index is -1.45. The molecule has 1 aromatic carbocycles. The molecule has 0 aliphatic rings. The van der Waals surface area contributed by atoms with Crippen LogP contribution in [0.25, 0.3) is 0 Å². The number of benzene rings is 1. The van der Waals surface area contributed by atoms with Crippen molar-refractivity contribution in [2.45, 2.75) is 18.1 Å². The van der Waals surface area contributed by atoms with E-state index in [2.05, 4.69) is 0 Å². The molecular weight excluding hydrogens is 282 g/mol. The number of nitrogens with two attached hydrogens (primary N) is 3. The van der Waals surface area contributed by atoms with Crippen LogP contribution in [0.1, 0.15) is 34.8 Å². The van der Waals surface area contributed by atoms with Gasteiger partial charge >= 0.3 is 17.9 Å². The Kier molecular flexibility index (Phi) is 4.97. The highest BCUT2D eigenvalue weighted by Gasteiger charge is 2.23. The van der Waals surface area contributed by atoms with Crippen LogP contribution in [-0.2, 0) is 14.4 Å². The molecule has 0 saturated heterocycles. The summed E-state index contributed by atoms with van der Waals surface area (Å²) < 4.78 is 0. The lowest BCUT2D eigenvalue weighted by Gasteiger charge is -2.16. The predicted molar refractivity (Wildman–Crippen MR) is 70.1 cm³/mol. The molecule has 3 unspecified atom stereocenters. The zero-order chi connectivity index (χ0) is 16.3. The van der Waals surface area contributed by atoms with Gasteiger partial charge in [-0.05, 0) is 16.7 Å². The molecule has 114 valence electrons. The fourth-order valence-corrected chi connectivity index (χ4v) is 1.67. The molecule has 1 aromatic rings. The van der Waals surface area contributed by atoms with E-state index in [4.69, 9.17) is 32.5 Å². The van der Waals surface area contributed by atoms with Crippen LogP contribution in [0.3, 0.4) is 0 Å². The van der Waals surface area contributed by atoms with Crippen LogP contribution in [0, 0.1) is 0 Å². The molecule has 0 bridgehead atoms. The largest absolute Gasteiger partial charge is 0.480 e. The van der Waals surface area contributed by atoms with Crippen LogP contribution in [0.4, 0.5) is 0 Å². The molecule has 0 amide bonds. The van der Waals surface area contributed by atoms with E-state index >= 15 is 0 Å². The number of carboxylic acids is 3. The lowest BCUT2D eigenvalue weighted by Crippen LogP contribution is -2.26. The molecule has 9 N–H and O–H groups in total. The molecule has 0 fully saturated rings. The van der Waals surface area contributed by atoms with Crippen molar-refractivity contribution < 1.29 is 29.7 Å². The zero-order valence-electron chi connectivity index (χ0n) is 10.8. The van der Waals surface area contributed by atoms with Crippen molar-refractivity contribution in [3.63, 3.8) is 0 Å². The minimum absolute atomic E-state index is 0.0170. The van der Waals surface area contributed by atoms with Gasteiger partial charge in [0.05, 0.1) is 0 Å². The summed E-state index contributed by atoms with van der Waals surface area (Å²) in [5.74, 6) is -4.07. The number of carboxylic acid groups (broad SMARTS) is 3. The average molecular weight is 297 g/mol. The van der Waals surface area contributed by atoms with Gasteiger partial charge in [0.25, 0.3) is 0 Å². The molecule has 3 atom stereocenters. The van der Waals surface area contributed by atoms with Crippen LogP contribution >= 0.6 is 0 Å². The summed E-state index contributed by atoms with van der Waals surface area (Å²) in [5, 5.41) is 26.7. The van der Waals surface area contributed by atoms with Gasteiger partial charge in [-0.2, -0.15) is 0 Å². The van der Waals surface area contributed by atoms with Crippen molar-refractivity contribution in [1.29, 1.82) is 0 Å². The molecule has 9 heteroatoms. The molecular formula is C12H15N3O6. The van der Waals surface area contributed by atoms with Crippen molar-refractivity contribution in [2.75, 3.05) is 0 Å². The van der Waals surface area contributed by atoms with E-state index < -0.39 is 36.0 Å². The maximum atomic E-state index is 10.9. The number of rotatable bonds is 6. The van der Waals surface area contributed by atoms with Gasteiger partial charge in [-0.25, -0.2) is 0 Å². The SMILES string of the molecule is NC(C(=O)O)c1cc(C(N)C(=O)O)cc(C(N)C(=O)O)c1. The van der Waals surface area contributed by atoms with Gasteiger partial charge in [0.1, 0.15) is 18.1 Å². The van der Waals surface area contributed by atoms with Crippen LogP contribution in [0.2, 0.25) is 0 Å². The van der Waals surface area contributed by atoms with Crippen LogP contribution < -0.4 is 17.2 Å². The van der Waals surface area contributed by atoms with E-state index in [-0.39, 0.29) is 16.7 Å². The Balaban J connectivity index is 3.42. The molecule has 21 heavy (non-hydrogen) atoms. The lowest BCUT2D eigenvalue weighted by atomic mass is 9.94. The molecule has 0 radical (unpaired) electrons. The average Bonchev–Trinajstić information content (AvgIpc) is 2.43. The van der Waals surface area contributed by atoms with E-state index in [1.165, 1.54) is 18.2 Å². The Hall–Kier alpha value is -2.49. The summed E-state index contributed by atoms with van der Waals surface area (Å²) in [7, 11) is 0. The third-order valence-electron chi connectivity index (χ3n) is 2.88. The summed E-state index contributed by atoms with van der Waals surface area (Å²) in [5.41, 5.74) is 16.4. The second kappa shape index (κ2) is 6.31. The van der Waals surface area contributed by atoms with E-state index in [0.717, 1.165) is 0 Å². The topological polar surface area (TPSA) is 190 Å². The smallest absolute Gasteiger partial charge is 0.325 e. The highest BCUT2D eigenvalue weighted by atomic mass is 16.4. The quantitative estimate of drug-likeness (QED) is 0.380. The number of hydrogen-bond acceptors (Lipinski definition) is 6. The fourth-order valence-electron chi connectivity index (χ4n) is 1.67. The predicted octanol–water partition coefficient (Wildman–Crippen LogP) is -1.06. The van der Waals surface area contributed by atoms with Gasteiger partial charge in [-0.3, -0.25) is 14.4 Å². The first-order valence-corrected chi connectivity index (χ1v) is 5.75. The second-order valence-electron chi connectivity index (χ2n) is 4.38. The maximum absolute atomic E-state index is 10.9. The summed E-state index contributed by atoms with van der Waals surface area (Å²) >= 11 is 0. The van der Waals surface area contributed by atoms with Crippen LogP contribution in [0.5, 0.6) is 0 Å². The molecule has 9 nitrogen and oxygen atoms in total. The van der Waals surface area contributed by atoms with E-state index in [1.54, 1.807) is 0 Å². The van der Waals surface area contributed by atoms with Crippen molar-refractivity contribution in [3.8, 4) is 0 Å². The van der Waals surface area contributed by atoms with Gasteiger partial charge < -0.3 is 32.5 Å². The molecule has 0 saturated carbocycles. The third-order valence-corrected chi connectivity index (χ3v) is 2.88. The molecule has 0 aromatic heterocycles. The number of carbonyl (C=O) groups is 3. The van der Waals surface area contributed by atoms with Crippen LogP contribution in [-0.4, -0.2) is 33.2 Å². The molecule has 1 rings (SSSR count). The van der Waals surface area contributed by atoms with Crippen molar-refractivity contribution >= 4 is 17.9 Å². The Bertz CT molecular complexity index is 495. The monoisotopic (exact) mass is 297 g/mol. The molecule has 0 aliphatic carbocycles. The van der Waals surface area contributed by atoms with Gasteiger partial charge in [0.15, 0.2) is 0 Å². The summed E-state index contributed by atoms with van der Waals surface area (Å²) in [6.07, 6.45) is 0. The van der Waals surface area contributed by atoms with Crippen molar-refractivity contribution in [1.82, 2.24) is 0 Å². The highest BCUT2D eigenvalue weighted by Crippen LogP contribution is 2.23. The van der Waals surface area contributed by atoms with Gasteiger partial charge in [0.2, 0.25) is 0 Å². The summed E-state index contributed by atoms with van der Waals surface area (Å²) in [4.78, 5) is 32.7. The Morgan fingerprint density at radius 1 is 0.667 bits per heavy atom. The standard InChI is InChI=1S/C12H15N3O6/c13-7(10(16)17)4-1-5(8(14)11(18)19)3-6(2-4)9(15)12(20)21/h1-3,7-9H,13-15H2,(H,16,17)(H,18,19)(H,20,21). The van der Waals surface area contributed by atoms with Gasteiger partial charge in [0, 0.05) is 0 Å². The maximum Gasteiger partial charge on any atom is 0.325 e. The fraction of sp³-hybridized carbons (Fsp3) is 0.250. The highest BCUT2D eigenvalue weighted by molar-refractivity contribution is 5.79. The first-order valence-electron chi connectivity index (χ1n) is 5.75. The molecule has 0 spiro atoms. The molecule has 0 heterocycles. The van der Waals surface area contributed by atoms with E-state index in [1.807, 2.05) is 0 Å². The lowest BCUT2D eigenvalue weighted by molar-refractivity contribution is -0.139. The van der Waals surface area contributed by atoms with E-state index in [9.17, 15) is 14.4 Å². The van der Waals surface area contributed by atoms with Gasteiger partial charge in [-0.1, -0.05) is 18.2 Å². The Labute approximate surface area is 119 Å². The minimum Gasteiger partial charge on any atom is -0.480 e. The first kappa shape index (κ1) is 16.6. The number of hydrogen-bond donors (Lipinski definition) is 6. The normalized spacial score (nSPS) is 15.0. The Morgan fingerprint density at radius 3 is 1.00 bits per heavy atom. The van der Waals surface area contributed by atoms with Crippen molar-refractivity contribution in [3.05, 3.63) is 34.9 Å². The third kappa shape index (κ3) is 3.75. The first-order chi connectivity index (χ1) is 9.65. The number of aliphatic carboxylic acids is 3. The van der Waals surface area contributed by atoms with Crippen LogP contribution in [0.15, 0.2) is 18.2 Å². The summed E-state index contributed by atoms with van der Waals surface area (Å²) in [6, 6.07) is -0.747. The molecule has 0 aliphatic heterocycles. The second-order valence-corrected chi connectivity index (χ2v) is 4.38. The van der Waals surface area contributed by atoms with Crippen molar-refractivity contribution in [2.24, 2.45) is 17.2 Å². The Morgan fingerprint density at radius 2 is 0.857 bits per heavy atom. The summed E-state index contributed by atoms with van der Waals surface area (Å²) in [6.45, 7) is 0. The van der Waals surface area contributed by atoms with E-state index in [0.29, 0.717) is 0 Å². The zero-order valence-corrected chi connectivity index (χ0v) is 10.8.